The number of nitrogen functional groups attached to an aromatic ring is 1. The van der Waals surface area contributed by atoms with Crippen molar-refractivity contribution in [2.45, 2.75) is 19.9 Å². The van der Waals surface area contributed by atoms with Crippen molar-refractivity contribution >= 4 is 11.9 Å². The number of nitrogens with two attached hydrogens (primary N) is 1. The van der Waals surface area contributed by atoms with Gasteiger partial charge in [-0.1, -0.05) is 13.8 Å². The second kappa shape index (κ2) is 6.34. The SMILES string of the molecule is COc1nc(N)nc(NC(CN(C)C)C(C)C)n1. The van der Waals surface area contributed by atoms with E-state index in [1.54, 1.807) is 0 Å². The third-order valence-electron chi connectivity index (χ3n) is 2.50. The molecule has 0 spiro atoms. The largest absolute Gasteiger partial charge is 0.467 e. The van der Waals surface area contributed by atoms with Gasteiger partial charge in [-0.15, -0.1) is 0 Å². The van der Waals surface area contributed by atoms with Crippen molar-refractivity contribution in [3.63, 3.8) is 0 Å². The third kappa shape index (κ3) is 4.33. The molecule has 1 aromatic heterocycles. The van der Waals surface area contributed by atoms with Gasteiger partial charge in [0.25, 0.3) is 0 Å². The summed E-state index contributed by atoms with van der Waals surface area (Å²) in [6.45, 7) is 5.16. The topological polar surface area (TPSA) is 89.2 Å². The van der Waals surface area contributed by atoms with E-state index in [1.165, 1.54) is 7.11 Å². The summed E-state index contributed by atoms with van der Waals surface area (Å²) in [4.78, 5) is 14.1. The van der Waals surface area contributed by atoms with Gasteiger partial charge in [-0.05, 0) is 20.0 Å². The van der Waals surface area contributed by atoms with E-state index in [-0.39, 0.29) is 18.0 Å². The molecule has 0 saturated heterocycles. The molecule has 0 radical (unpaired) electrons. The van der Waals surface area contributed by atoms with Crippen LogP contribution in [0.3, 0.4) is 0 Å². The van der Waals surface area contributed by atoms with Gasteiger partial charge in [0.1, 0.15) is 0 Å². The van der Waals surface area contributed by atoms with Crippen LogP contribution in [0.15, 0.2) is 0 Å². The van der Waals surface area contributed by atoms with Crippen LogP contribution in [0.4, 0.5) is 11.9 Å². The second-order valence-electron chi connectivity index (χ2n) is 4.76. The summed E-state index contributed by atoms with van der Waals surface area (Å²) in [5, 5.41) is 3.26. The van der Waals surface area contributed by atoms with Crippen molar-refractivity contribution < 1.29 is 4.74 Å². The number of nitrogens with zero attached hydrogens (tertiary/aromatic N) is 4. The van der Waals surface area contributed by atoms with Crippen LogP contribution in [-0.2, 0) is 0 Å². The maximum absolute atomic E-state index is 5.60. The fourth-order valence-corrected chi connectivity index (χ4v) is 1.51. The fourth-order valence-electron chi connectivity index (χ4n) is 1.51. The van der Waals surface area contributed by atoms with Crippen LogP contribution in [0.1, 0.15) is 13.8 Å². The standard InChI is InChI=1S/C11H22N6O/c1-7(2)8(6-17(3)4)13-10-14-9(12)15-11(16-10)18-5/h7-8H,6H2,1-5H3,(H3,12,13,14,15,16). The number of hydrogen-bond donors (Lipinski definition) is 2. The molecular weight excluding hydrogens is 232 g/mol. The Morgan fingerprint density at radius 3 is 2.44 bits per heavy atom. The summed E-state index contributed by atoms with van der Waals surface area (Å²) in [6, 6.07) is 0.448. The highest BCUT2D eigenvalue weighted by molar-refractivity contribution is 5.33. The van der Waals surface area contributed by atoms with Crippen molar-refractivity contribution in [2.75, 3.05) is 38.8 Å². The zero-order valence-electron chi connectivity index (χ0n) is 11.6. The van der Waals surface area contributed by atoms with Crippen LogP contribution in [0.25, 0.3) is 0 Å². The molecule has 1 aromatic rings. The predicted octanol–water partition coefficient (Wildman–Crippen LogP) is 0.460. The number of anilines is 2. The zero-order valence-corrected chi connectivity index (χ0v) is 11.6. The van der Waals surface area contributed by atoms with Gasteiger partial charge in [-0.2, -0.15) is 15.0 Å². The molecule has 0 fully saturated rings. The average Bonchev–Trinajstić information content (AvgIpc) is 2.26. The lowest BCUT2D eigenvalue weighted by Crippen LogP contribution is -2.37. The van der Waals surface area contributed by atoms with E-state index in [9.17, 15) is 0 Å². The molecule has 0 aliphatic rings. The van der Waals surface area contributed by atoms with Crippen molar-refractivity contribution in [2.24, 2.45) is 5.92 Å². The Hall–Kier alpha value is -1.63. The van der Waals surface area contributed by atoms with Gasteiger partial charge >= 0.3 is 6.01 Å². The number of methoxy groups -OCH3 is 1. The average molecular weight is 254 g/mol. The molecule has 0 aliphatic heterocycles. The van der Waals surface area contributed by atoms with E-state index < -0.39 is 0 Å². The minimum atomic E-state index is 0.150. The number of rotatable bonds is 6. The van der Waals surface area contributed by atoms with Gasteiger partial charge in [-0.3, -0.25) is 0 Å². The van der Waals surface area contributed by atoms with Crippen molar-refractivity contribution in [1.82, 2.24) is 19.9 Å². The number of hydrogen-bond acceptors (Lipinski definition) is 7. The number of nitrogens with one attached hydrogen (secondary N) is 1. The molecule has 1 rings (SSSR count). The Bertz CT molecular complexity index is 382. The third-order valence-corrected chi connectivity index (χ3v) is 2.50. The van der Waals surface area contributed by atoms with E-state index >= 15 is 0 Å². The Labute approximate surface area is 108 Å². The summed E-state index contributed by atoms with van der Waals surface area (Å²) in [6.07, 6.45) is 0. The molecule has 3 N–H and O–H groups in total. The molecule has 0 aromatic carbocycles. The lowest BCUT2D eigenvalue weighted by atomic mass is 10.0. The van der Waals surface area contributed by atoms with E-state index in [1.807, 2.05) is 14.1 Å². The highest BCUT2D eigenvalue weighted by Gasteiger charge is 2.16. The molecule has 102 valence electrons. The van der Waals surface area contributed by atoms with Crippen LogP contribution in [-0.4, -0.2) is 53.6 Å². The summed E-state index contributed by atoms with van der Waals surface area (Å²) in [5.41, 5.74) is 5.60. The second-order valence-corrected chi connectivity index (χ2v) is 4.76. The first kappa shape index (κ1) is 14.4. The summed E-state index contributed by atoms with van der Waals surface area (Å²) >= 11 is 0. The van der Waals surface area contributed by atoms with Gasteiger partial charge < -0.3 is 20.7 Å². The molecule has 1 unspecified atom stereocenters. The van der Waals surface area contributed by atoms with Gasteiger partial charge in [0.05, 0.1) is 7.11 Å². The van der Waals surface area contributed by atoms with Crippen LogP contribution < -0.4 is 15.8 Å². The van der Waals surface area contributed by atoms with Crippen LogP contribution in [0.2, 0.25) is 0 Å². The quantitative estimate of drug-likeness (QED) is 0.762. The lowest BCUT2D eigenvalue weighted by molar-refractivity contribution is 0.342. The first-order chi connectivity index (χ1) is 8.42. The fraction of sp³-hybridized carbons (Fsp3) is 0.727. The van der Waals surface area contributed by atoms with E-state index in [0.717, 1.165) is 6.54 Å². The first-order valence-electron chi connectivity index (χ1n) is 5.89. The van der Waals surface area contributed by atoms with Gasteiger partial charge in [-0.25, -0.2) is 0 Å². The van der Waals surface area contributed by atoms with Gasteiger partial charge in [0.2, 0.25) is 11.9 Å². The molecule has 0 saturated carbocycles. The molecule has 1 atom stereocenters. The maximum Gasteiger partial charge on any atom is 0.322 e. The van der Waals surface area contributed by atoms with Crippen LogP contribution in [0.5, 0.6) is 6.01 Å². The van der Waals surface area contributed by atoms with Crippen LogP contribution >= 0.6 is 0 Å². The molecule has 0 bridgehead atoms. The predicted molar refractivity (Wildman–Crippen MR) is 71.6 cm³/mol. The first-order valence-corrected chi connectivity index (χ1v) is 5.89. The Kier molecular flexibility index (Phi) is 5.08. The Balaban J connectivity index is 2.82. The molecule has 7 nitrogen and oxygen atoms in total. The molecule has 0 amide bonds. The van der Waals surface area contributed by atoms with Crippen LogP contribution in [0, 0.1) is 5.92 Å². The number of likely N-dealkylation sites (N-methyl/N-ethyl adjacent to an activating group) is 1. The molecule has 7 heteroatoms. The Morgan fingerprint density at radius 1 is 1.28 bits per heavy atom. The summed E-state index contributed by atoms with van der Waals surface area (Å²) in [7, 11) is 5.55. The van der Waals surface area contributed by atoms with Crippen molar-refractivity contribution in [3.05, 3.63) is 0 Å². The normalized spacial score (nSPS) is 12.8. The summed E-state index contributed by atoms with van der Waals surface area (Å²) < 4.78 is 4.97. The Morgan fingerprint density at radius 2 is 1.94 bits per heavy atom. The molecule has 0 aliphatic carbocycles. The number of ether oxygens (including phenoxy) is 1. The minimum absolute atomic E-state index is 0.150. The van der Waals surface area contributed by atoms with E-state index in [4.69, 9.17) is 10.5 Å². The highest BCUT2D eigenvalue weighted by Crippen LogP contribution is 2.13. The molecule has 1 heterocycles. The van der Waals surface area contributed by atoms with E-state index in [2.05, 4.69) is 39.0 Å². The summed E-state index contributed by atoms with van der Waals surface area (Å²) in [5.74, 6) is 1.04. The highest BCUT2D eigenvalue weighted by atomic mass is 16.5. The van der Waals surface area contributed by atoms with Crippen molar-refractivity contribution in [3.8, 4) is 6.01 Å². The lowest BCUT2D eigenvalue weighted by Gasteiger charge is -2.25. The van der Waals surface area contributed by atoms with Gasteiger partial charge in [0, 0.05) is 12.6 Å². The van der Waals surface area contributed by atoms with Crippen molar-refractivity contribution in [1.29, 1.82) is 0 Å². The smallest absolute Gasteiger partial charge is 0.322 e. The van der Waals surface area contributed by atoms with Gasteiger partial charge in [0.15, 0.2) is 0 Å². The number of aromatic nitrogens is 3. The zero-order chi connectivity index (χ0) is 13.7. The minimum Gasteiger partial charge on any atom is -0.467 e. The monoisotopic (exact) mass is 254 g/mol. The molecule has 18 heavy (non-hydrogen) atoms. The molecular formula is C11H22N6O. The van der Waals surface area contributed by atoms with E-state index in [0.29, 0.717) is 11.9 Å². The maximum atomic E-state index is 5.60.